The first-order valence-corrected chi connectivity index (χ1v) is 12.4. The number of hydrogen-bond donors (Lipinski definition) is 0. The number of aromatic nitrogens is 1. The number of amides is 1. The van der Waals surface area contributed by atoms with Gasteiger partial charge in [0.15, 0.2) is 0 Å². The summed E-state index contributed by atoms with van der Waals surface area (Å²) in [5.41, 5.74) is 0.530. The lowest BCUT2D eigenvalue weighted by molar-refractivity contribution is 0.0358. The Labute approximate surface area is 184 Å². The molecule has 2 aliphatic heterocycles. The average molecular weight is 444 g/mol. The third kappa shape index (κ3) is 4.32. The molecule has 8 heteroatoms. The zero-order valence-corrected chi connectivity index (χ0v) is 18.8. The van der Waals surface area contributed by atoms with E-state index >= 15 is 0 Å². The Kier molecular flexibility index (Phi) is 6.29. The van der Waals surface area contributed by atoms with Gasteiger partial charge in [0.2, 0.25) is 10.0 Å². The molecule has 166 valence electrons. The molecule has 2 saturated heterocycles. The van der Waals surface area contributed by atoms with Crippen molar-refractivity contribution < 1.29 is 17.9 Å². The zero-order valence-electron chi connectivity index (χ0n) is 18.0. The van der Waals surface area contributed by atoms with Crippen molar-refractivity contribution in [3.63, 3.8) is 0 Å². The number of hydrogen-bond acceptors (Lipinski definition) is 5. The van der Waals surface area contributed by atoms with Gasteiger partial charge in [-0.15, -0.1) is 0 Å². The van der Waals surface area contributed by atoms with Gasteiger partial charge >= 0.3 is 0 Å². The second-order valence-electron chi connectivity index (χ2n) is 8.11. The second-order valence-corrected chi connectivity index (χ2v) is 10.0. The zero-order chi connectivity index (χ0) is 22.0. The summed E-state index contributed by atoms with van der Waals surface area (Å²) < 4.78 is 32.9. The van der Waals surface area contributed by atoms with E-state index in [4.69, 9.17) is 4.74 Å². The fraction of sp³-hybridized carbons (Fsp3) is 0.478. The number of piperidine rings is 1. The summed E-state index contributed by atoms with van der Waals surface area (Å²) in [4.78, 5) is 19.5. The number of rotatable bonds is 7. The van der Waals surface area contributed by atoms with Crippen molar-refractivity contribution in [1.82, 2.24) is 14.2 Å². The van der Waals surface area contributed by atoms with Crippen LogP contribution in [0.15, 0.2) is 53.7 Å². The maximum Gasteiger partial charge on any atom is 0.254 e. The van der Waals surface area contributed by atoms with Crippen LogP contribution in [-0.2, 0) is 10.0 Å². The van der Waals surface area contributed by atoms with Crippen LogP contribution in [0.2, 0.25) is 0 Å². The third-order valence-electron chi connectivity index (χ3n) is 6.31. The molecule has 1 aromatic carbocycles. The van der Waals surface area contributed by atoms with Gasteiger partial charge in [-0.2, -0.15) is 4.31 Å². The van der Waals surface area contributed by atoms with Crippen molar-refractivity contribution in [3.8, 4) is 5.75 Å². The number of sulfonamides is 1. The van der Waals surface area contributed by atoms with Crippen molar-refractivity contribution in [2.45, 2.75) is 62.6 Å². The summed E-state index contributed by atoms with van der Waals surface area (Å²) in [5.74, 6) is 0.732. The lowest BCUT2D eigenvalue weighted by Gasteiger charge is -2.39. The molecule has 2 fully saturated rings. The van der Waals surface area contributed by atoms with Crippen molar-refractivity contribution in [1.29, 1.82) is 0 Å². The molecule has 2 unspecified atom stereocenters. The van der Waals surface area contributed by atoms with Crippen molar-refractivity contribution in [2.75, 3.05) is 13.1 Å². The van der Waals surface area contributed by atoms with Crippen LogP contribution in [0.25, 0.3) is 0 Å². The number of carbonyl (C=O) groups is 1. The largest absolute Gasteiger partial charge is 0.489 e. The van der Waals surface area contributed by atoms with Crippen LogP contribution in [0.1, 0.15) is 49.9 Å². The predicted molar refractivity (Wildman–Crippen MR) is 117 cm³/mol. The van der Waals surface area contributed by atoms with E-state index < -0.39 is 10.0 Å². The Balaban J connectivity index is 1.46. The second kappa shape index (κ2) is 8.96. The van der Waals surface area contributed by atoms with Crippen LogP contribution in [-0.4, -0.2) is 59.8 Å². The third-order valence-corrected chi connectivity index (χ3v) is 8.37. The Bertz CT molecular complexity index is 993. The van der Waals surface area contributed by atoms with Crippen LogP contribution in [0.3, 0.4) is 0 Å². The lowest BCUT2D eigenvalue weighted by Crippen LogP contribution is -2.49. The van der Waals surface area contributed by atoms with E-state index in [9.17, 15) is 13.2 Å². The van der Waals surface area contributed by atoms with Crippen molar-refractivity contribution >= 4 is 15.9 Å². The maximum absolute atomic E-state index is 13.2. The fourth-order valence-electron chi connectivity index (χ4n) is 4.80. The highest BCUT2D eigenvalue weighted by Gasteiger charge is 2.44. The number of nitrogens with zero attached hydrogens (tertiary/aromatic N) is 3. The Morgan fingerprint density at radius 3 is 2.29 bits per heavy atom. The summed E-state index contributed by atoms with van der Waals surface area (Å²) in [7, 11) is -3.53. The number of benzene rings is 1. The number of carbonyl (C=O) groups excluding carboxylic acids is 1. The number of pyridine rings is 1. The van der Waals surface area contributed by atoms with E-state index in [-0.39, 0.29) is 29.0 Å². The molecule has 2 bridgehead atoms. The normalized spacial score (nSPS) is 23.2. The van der Waals surface area contributed by atoms with E-state index in [0.717, 1.165) is 31.4 Å². The van der Waals surface area contributed by atoms with Gasteiger partial charge in [0, 0.05) is 49.8 Å². The van der Waals surface area contributed by atoms with E-state index in [0.29, 0.717) is 18.7 Å². The summed E-state index contributed by atoms with van der Waals surface area (Å²) in [6.07, 6.45) is 7.04. The molecule has 1 amide bonds. The summed E-state index contributed by atoms with van der Waals surface area (Å²) in [6.45, 7) is 4.46. The Morgan fingerprint density at radius 1 is 1.10 bits per heavy atom. The predicted octanol–water partition coefficient (Wildman–Crippen LogP) is 3.33. The first-order chi connectivity index (χ1) is 14.9. The molecule has 0 aliphatic carbocycles. The molecule has 0 N–H and O–H groups in total. The van der Waals surface area contributed by atoms with E-state index in [1.54, 1.807) is 36.7 Å². The minimum Gasteiger partial charge on any atom is -0.489 e. The molecular weight excluding hydrogens is 414 g/mol. The standard InChI is InChI=1S/C23H29N3O4S/c1-3-25(4-2)31(28,29)22-11-7-17(8-12-22)23(27)26-18-9-10-19(26)15-21(14-18)30-20-6-5-13-24-16-20/h5-8,11-13,16,18-19,21H,3-4,9-10,14-15H2,1-2H3. The van der Waals surface area contributed by atoms with Crippen LogP contribution < -0.4 is 4.74 Å². The highest BCUT2D eigenvalue weighted by Crippen LogP contribution is 2.38. The van der Waals surface area contributed by atoms with Crippen molar-refractivity contribution in [3.05, 3.63) is 54.4 Å². The van der Waals surface area contributed by atoms with Gasteiger partial charge in [-0.1, -0.05) is 13.8 Å². The van der Waals surface area contributed by atoms with Crippen molar-refractivity contribution in [2.24, 2.45) is 0 Å². The number of ether oxygens (including phenoxy) is 1. The highest BCUT2D eigenvalue weighted by atomic mass is 32.2. The minimum atomic E-state index is -3.53. The molecule has 2 aromatic rings. The topological polar surface area (TPSA) is 79.8 Å². The first-order valence-electron chi connectivity index (χ1n) is 10.9. The minimum absolute atomic E-state index is 0.0286. The molecule has 2 atom stereocenters. The van der Waals surface area contributed by atoms with E-state index in [1.165, 1.54) is 4.31 Å². The molecule has 0 spiro atoms. The van der Waals surface area contributed by atoms with Crippen LogP contribution >= 0.6 is 0 Å². The number of fused-ring (bicyclic) bond motifs is 2. The Morgan fingerprint density at radius 2 is 1.74 bits per heavy atom. The monoisotopic (exact) mass is 443 g/mol. The van der Waals surface area contributed by atoms with Gasteiger partial charge in [0.05, 0.1) is 11.1 Å². The molecular formula is C23H29N3O4S. The fourth-order valence-corrected chi connectivity index (χ4v) is 6.25. The molecule has 0 radical (unpaired) electrons. The van der Waals surface area contributed by atoms with E-state index in [1.807, 2.05) is 30.9 Å². The molecule has 4 rings (SSSR count). The molecule has 31 heavy (non-hydrogen) atoms. The summed E-state index contributed by atoms with van der Waals surface area (Å²) in [5, 5.41) is 0. The van der Waals surface area contributed by atoms with Crippen LogP contribution in [0, 0.1) is 0 Å². The van der Waals surface area contributed by atoms with Gasteiger partial charge in [0.25, 0.3) is 5.91 Å². The Hall–Kier alpha value is -2.45. The maximum atomic E-state index is 13.2. The molecule has 1 aromatic heterocycles. The molecule has 7 nitrogen and oxygen atoms in total. The van der Waals surface area contributed by atoms with Gasteiger partial charge in [-0.25, -0.2) is 8.42 Å². The van der Waals surface area contributed by atoms with Gasteiger partial charge in [0.1, 0.15) is 11.9 Å². The first kappa shape index (κ1) is 21.8. The van der Waals surface area contributed by atoms with E-state index in [2.05, 4.69) is 4.98 Å². The lowest BCUT2D eigenvalue weighted by atomic mass is 9.98. The summed E-state index contributed by atoms with van der Waals surface area (Å²) in [6, 6.07) is 10.4. The summed E-state index contributed by atoms with van der Waals surface area (Å²) >= 11 is 0. The smallest absolute Gasteiger partial charge is 0.254 e. The van der Waals surface area contributed by atoms with Gasteiger partial charge in [-0.05, 0) is 49.2 Å². The van der Waals surface area contributed by atoms with Gasteiger partial charge < -0.3 is 9.64 Å². The van der Waals surface area contributed by atoms with Gasteiger partial charge in [-0.3, -0.25) is 9.78 Å². The average Bonchev–Trinajstić information content (AvgIpc) is 3.05. The highest BCUT2D eigenvalue weighted by molar-refractivity contribution is 7.89. The molecule has 2 aliphatic rings. The SMILES string of the molecule is CCN(CC)S(=O)(=O)c1ccc(C(=O)N2C3CCC2CC(Oc2cccnc2)C3)cc1. The van der Waals surface area contributed by atoms with Crippen LogP contribution in [0.5, 0.6) is 5.75 Å². The molecule has 0 saturated carbocycles. The van der Waals surface area contributed by atoms with Crippen LogP contribution in [0.4, 0.5) is 0 Å². The quantitative estimate of drug-likeness (QED) is 0.656. The molecule has 3 heterocycles.